The van der Waals surface area contributed by atoms with Crippen LogP contribution in [0.2, 0.25) is 0 Å². The van der Waals surface area contributed by atoms with Gasteiger partial charge in [0.1, 0.15) is 11.4 Å². The molecule has 1 aromatic heterocycles. The minimum atomic E-state index is -0.483. The first-order valence-electron chi connectivity index (χ1n) is 5.78. The molecular formula is C13H10N4O2S. The fourth-order valence-corrected chi connectivity index (χ4v) is 2.67. The number of rotatable bonds is 3. The van der Waals surface area contributed by atoms with Gasteiger partial charge in [-0.25, -0.2) is 4.98 Å². The second-order valence-corrected chi connectivity index (χ2v) is 5.05. The number of benzene rings is 2. The number of fused-ring (bicyclic) bond motifs is 1. The van der Waals surface area contributed by atoms with Crippen LogP contribution in [0, 0.1) is 10.1 Å². The molecule has 0 aliphatic rings. The zero-order chi connectivity index (χ0) is 14.1. The molecule has 6 nitrogen and oxygen atoms in total. The Balaban J connectivity index is 2.02. The molecule has 0 saturated carbocycles. The molecule has 0 saturated heterocycles. The third kappa shape index (κ3) is 2.14. The Morgan fingerprint density at radius 1 is 1.30 bits per heavy atom. The van der Waals surface area contributed by atoms with E-state index in [1.165, 1.54) is 17.4 Å². The Labute approximate surface area is 118 Å². The summed E-state index contributed by atoms with van der Waals surface area (Å²) in [5, 5.41) is 14.1. The molecule has 3 aromatic rings. The zero-order valence-electron chi connectivity index (χ0n) is 10.2. The normalized spacial score (nSPS) is 10.6. The lowest BCUT2D eigenvalue weighted by Gasteiger charge is -2.08. The number of para-hydroxylation sites is 1. The van der Waals surface area contributed by atoms with Gasteiger partial charge >= 0.3 is 5.69 Å². The Kier molecular flexibility index (Phi) is 2.96. The Hall–Kier alpha value is -2.67. The predicted octanol–water partition coefficient (Wildman–Crippen LogP) is 3.53. The van der Waals surface area contributed by atoms with Crippen LogP contribution in [0.3, 0.4) is 0 Å². The second-order valence-electron chi connectivity index (χ2n) is 4.16. The van der Waals surface area contributed by atoms with E-state index in [0.717, 1.165) is 15.9 Å². The molecule has 0 fully saturated rings. The van der Waals surface area contributed by atoms with Crippen LogP contribution < -0.4 is 11.1 Å². The number of nitrogen functional groups attached to an aromatic ring is 1. The van der Waals surface area contributed by atoms with E-state index in [0.29, 0.717) is 5.69 Å². The highest BCUT2D eigenvalue weighted by Crippen LogP contribution is 2.33. The van der Waals surface area contributed by atoms with Gasteiger partial charge in [-0.2, -0.15) is 0 Å². The first-order chi connectivity index (χ1) is 9.65. The fourth-order valence-electron chi connectivity index (χ4n) is 1.95. The summed E-state index contributed by atoms with van der Waals surface area (Å²) in [5.74, 6) is 0. The van der Waals surface area contributed by atoms with Gasteiger partial charge in [-0.15, -0.1) is 11.3 Å². The van der Waals surface area contributed by atoms with Gasteiger partial charge in [0, 0.05) is 5.69 Å². The van der Waals surface area contributed by atoms with Gasteiger partial charge in [0.25, 0.3) is 0 Å². The van der Waals surface area contributed by atoms with E-state index >= 15 is 0 Å². The van der Waals surface area contributed by atoms with E-state index in [-0.39, 0.29) is 11.4 Å². The molecule has 0 unspecified atom stereocenters. The van der Waals surface area contributed by atoms with E-state index in [4.69, 9.17) is 5.73 Å². The van der Waals surface area contributed by atoms with Crippen molar-refractivity contribution in [2.75, 3.05) is 11.1 Å². The smallest absolute Gasteiger partial charge is 0.315 e. The summed E-state index contributed by atoms with van der Waals surface area (Å²) < 4.78 is 1.02. The standard InChI is InChI=1S/C13H10N4O2S/c14-9-2-1-3-11(13(9)17(18)19)16-8-4-5-10-12(6-8)20-7-15-10/h1-7,16H,14H2. The van der Waals surface area contributed by atoms with E-state index in [1.54, 1.807) is 17.6 Å². The number of nitrogens with zero attached hydrogens (tertiary/aromatic N) is 2. The van der Waals surface area contributed by atoms with Crippen LogP contribution in [0.4, 0.5) is 22.7 Å². The molecule has 0 atom stereocenters. The number of nitrogens with one attached hydrogen (secondary N) is 1. The molecule has 0 amide bonds. The summed E-state index contributed by atoms with van der Waals surface area (Å²) in [6.45, 7) is 0. The maximum absolute atomic E-state index is 11.1. The maximum atomic E-state index is 11.1. The van der Waals surface area contributed by atoms with E-state index < -0.39 is 4.92 Å². The maximum Gasteiger partial charge on any atom is 0.315 e. The van der Waals surface area contributed by atoms with Gasteiger partial charge in [0.15, 0.2) is 0 Å². The molecule has 1 heterocycles. The van der Waals surface area contributed by atoms with Gasteiger partial charge in [-0.05, 0) is 30.3 Å². The molecule has 0 aliphatic carbocycles. The number of nitro groups is 1. The average molecular weight is 286 g/mol. The lowest BCUT2D eigenvalue weighted by Crippen LogP contribution is -2.00. The Morgan fingerprint density at radius 2 is 2.15 bits per heavy atom. The van der Waals surface area contributed by atoms with Crippen molar-refractivity contribution in [2.24, 2.45) is 0 Å². The molecule has 20 heavy (non-hydrogen) atoms. The topological polar surface area (TPSA) is 94.1 Å². The lowest BCUT2D eigenvalue weighted by molar-refractivity contribution is -0.383. The van der Waals surface area contributed by atoms with Crippen molar-refractivity contribution in [3.8, 4) is 0 Å². The average Bonchev–Trinajstić information content (AvgIpc) is 2.85. The molecule has 2 aromatic carbocycles. The monoisotopic (exact) mass is 286 g/mol. The Bertz CT molecular complexity index is 800. The molecule has 100 valence electrons. The summed E-state index contributed by atoms with van der Waals surface area (Å²) in [6.07, 6.45) is 0. The molecule has 0 bridgehead atoms. The number of thiazole rings is 1. The quantitative estimate of drug-likeness (QED) is 0.436. The fraction of sp³-hybridized carbons (Fsp3) is 0. The first kappa shape index (κ1) is 12.4. The number of nitrogens with two attached hydrogens (primary N) is 1. The van der Waals surface area contributed by atoms with Crippen LogP contribution in [0.15, 0.2) is 41.9 Å². The molecular weight excluding hydrogens is 276 g/mol. The van der Waals surface area contributed by atoms with E-state index in [2.05, 4.69) is 10.3 Å². The van der Waals surface area contributed by atoms with Crippen LogP contribution in [-0.4, -0.2) is 9.91 Å². The highest BCUT2D eigenvalue weighted by molar-refractivity contribution is 7.16. The van der Waals surface area contributed by atoms with Crippen molar-refractivity contribution < 1.29 is 4.92 Å². The van der Waals surface area contributed by atoms with E-state index in [1.807, 2.05) is 18.2 Å². The van der Waals surface area contributed by atoms with Gasteiger partial charge in [-0.1, -0.05) is 6.07 Å². The highest BCUT2D eigenvalue weighted by atomic mass is 32.1. The summed E-state index contributed by atoms with van der Waals surface area (Å²) in [6, 6.07) is 10.4. The van der Waals surface area contributed by atoms with Crippen LogP contribution in [0.5, 0.6) is 0 Å². The SMILES string of the molecule is Nc1cccc(Nc2ccc3ncsc3c2)c1[N+](=O)[O-]. The second kappa shape index (κ2) is 4.78. The number of anilines is 3. The summed E-state index contributed by atoms with van der Waals surface area (Å²) in [5.41, 5.74) is 9.48. The lowest BCUT2D eigenvalue weighted by atomic mass is 10.2. The van der Waals surface area contributed by atoms with Gasteiger partial charge in [-0.3, -0.25) is 10.1 Å². The molecule has 3 rings (SSSR count). The van der Waals surface area contributed by atoms with Crippen molar-refractivity contribution in [3.63, 3.8) is 0 Å². The van der Waals surface area contributed by atoms with Crippen LogP contribution >= 0.6 is 11.3 Å². The highest BCUT2D eigenvalue weighted by Gasteiger charge is 2.17. The summed E-state index contributed by atoms with van der Waals surface area (Å²) in [4.78, 5) is 14.8. The number of hydrogen-bond donors (Lipinski definition) is 2. The summed E-state index contributed by atoms with van der Waals surface area (Å²) >= 11 is 1.52. The number of aromatic nitrogens is 1. The third-order valence-corrected chi connectivity index (χ3v) is 3.65. The van der Waals surface area contributed by atoms with Crippen molar-refractivity contribution in [1.82, 2.24) is 4.98 Å². The van der Waals surface area contributed by atoms with Crippen molar-refractivity contribution in [3.05, 3.63) is 52.0 Å². The van der Waals surface area contributed by atoms with Crippen LogP contribution in [0.25, 0.3) is 10.2 Å². The predicted molar refractivity (Wildman–Crippen MR) is 80.4 cm³/mol. The van der Waals surface area contributed by atoms with E-state index in [9.17, 15) is 10.1 Å². The van der Waals surface area contributed by atoms with Crippen LogP contribution in [0.1, 0.15) is 0 Å². The van der Waals surface area contributed by atoms with Gasteiger partial charge in [0.05, 0.1) is 20.7 Å². The summed E-state index contributed by atoms with van der Waals surface area (Å²) in [7, 11) is 0. The zero-order valence-corrected chi connectivity index (χ0v) is 11.1. The third-order valence-electron chi connectivity index (χ3n) is 2.86. The van der Waals surface area contributed by atoms with Crippen molar-refractivity contribution in [1.29, 1.82) is 0 Å². The van der Waals surface area contributed by atoms with Gasteiger partial charge in [0.2, 0.25) is 0 Å². The van der Waals surface area contributed by atoms with Crippen LogP contribution in [-0.2, 0) is 0 Å². The molecule has 0 aliphatic heterocycles. The molecule has 3 N–H and O–H groups in total. The first-order valence-corrected chi connectivity index (χ1v) is 6.66. The molecule has 0 radical (unpaired) electrons. The number of nitro benzene ring substituents is 1. The minimum Gasteiger partial charge on any atom is -0.393 e. The van der Waals surface area contributed by atoms with Crippen molar-refractivity contribution >= 4 is 44.3 Å². The minimum absolute atomic E-state index is 0.114. The van der Waals surface area contributed by atoms with Crippen molar-refractivity contribution in [2.45, 2.75) is 0 Å². The number of hydrogen-bond acceptors (Lipinski definition) is 6. The van der Waals surface area contributed by atoms with Gasteiger partial charge < -0.3 is 11.1 Å². The molecule has 0 spiro atoms. The molecule has 7 heteroatoms. The largest absolute Gasteiger partial charge is 0.393 e. The Morgan fingerprint density at radius 3 is 2.95 bits per heavy atom.